The first-order chi connectivity index (χ1) is 21.8. The molecule has 2 heterocycles. The normalized spacial score (nSPS) is 20.9. The number of rotatable bonds is 17. The van der Waals surface area contributed by atoms with Crippen LogP contribution in [0.25, 0.3) is 0 Å². The van der Waals surface area contributed by atoms with Crippen molar-refractivity contribution in [2.75, 3.05) is 47.6 Å². The molecule has 3 aromatic rings. The Kier molecular flexibility index (Phi) is 14.3. The number of aliphatic hydroxyl groups is 1. The number of hydrogen-bond acceptors (Lipinski definition) is 10. The molecule has 45 heavy (non-hydrogen) atoms. The summed E-state index contributed by atoms with van der Waals surface area (Å²) in [6.45, 7) is 7.25. The molecule has 1 fully saturated rings. The first-order valence-corrected chi connectivity index (χ1v) is 14.4. The number of benzene rings is 2. The van der Waals surface area contributed by atoms with Crippen molar-refractivity contribution < 1.29 is 38.3 Å². The molecular weight excluding hydrogens is 584 g/mol. The van der Waals surface area contributed by atoms with E-state index in [4.69, 9.17) is 33.2 Å². The van der Waals surface area contributed by atoms with Gasteiger partial charge in [0.05, 0.1) is 33.0 Å². The summed E-state index contributed by atoms with van der Waals surface area (Å²) in [6.07, 6.45) is 0.371. The predicted octanol–water partition coefficient (Wildman–Crippen LogP) is 3.14. The fraction of sp³-hybridized carbons (Fsp3) is 0.455. The molecule has 0 spiro atoms. The Labute approximate surface area is 263 Å². The van der Waals surface area contributed by atoms with Crippen molar-refractivity contribution in [2.45, 2.75) is 50.7 Å². The first kappa shape index (κ1) is 36.0. The molecule has 12 nitrogen and oxygen atoms in total. The van der Waals surface area contributed by atoms with Crippen LogP contribution >= 0.6 is 0 Å². The molecular formula is C33H44N2O10. The van der Waals surface area contributed by atoms with Crippen LogP contribution in [0.2, 0.25) is 0 Å². The van der Waals surface area contributed by atoms with E-state index < -0.39 is 28.7 Å². The zero-order chi connectivity index (χ0) is 32.7. The van der Waals surface area contributed by atoms with Crippen LogP contribution in [0.15, 0.2) is 89.6 Å². The van der Waals surface area contributed by atoms with Gasteiger partial charge >= 0.3 is 5.69 Å². The van der Waals surface area contributed by atoms with Gasteiger partial charge < -0.3 is 38.3 Å². The van der Waals surface area contributed by atoms with E-state index in [9.17, 15) is 14.7 Å². The minimum absolute atomic E-state index is 0.0633. The van der Waals surface area contributed by atoms with Crippen LogP contribution in [0.4, 0.5) is 0 Å². The lowest BCUT2D eigenvalue weighted by atomic mass is 9.83. The molecule has 1 unspecified atom stereocenters. The van der Waals surface area contributed by atoms with Gasteiger partial charge in [-0.1, -0.05) is 60.7 Å². The van der Waals surface area contributed by atoms with Crippen LogP contribution in [-0.2, 0) is 53.1 Å². The monoisotopic (exact) mass is 628 g/mol. The van der Waals surface area contributed by atoms with E-state index in [-0.39, 0.29) is 59.8 Å². The van der Waals surface area contributed by atoms with Crippen LogP contribution in [0.1, 0.15) is 29.3 Å². The summed E-state index contributed by atoms with van der Waals surface area (Å²) in [5.41, 5.74) is -2.15. The van der Waals surface area contributed by atoms with Crippen LogP contribution in [0.5, 0.6) is 0 Å². The number of hydrogen-bond donors (Lipinski definition) is 1. The third kappa shape index (κ3) is 9.28. The Morgan fingerprint density at radius 3 is 1.96 bits per heavy atom. The number of aryl methyl sites for hydroxylation is 1. The number of ether oxygens (including phenoxy) is 7. The van der Waals surface area contributed by atoms with Gasteiger partial charge in [0, 0.05) is 32.4 Å². The van der Waals surface area contributed by atoms with Gasteiger partial charge in [0.15, 0.2) is 0 Å². The van der Waals surface area contributed by atoms with Gasteiger partial charge in [-0.15, -0.1) is 13.2 Å². The predicted molar refractivity (Wildman–Crippen MR) is 166 cm³/mol. The fourth-order valence-electron chi connectivity index (χ4n) is 5.01. The Hall–Kier alpha value is -3.46. The molecule has 3 atom stereocenters. The lowest BCUT2D eigenvalue weighted by Gasteiger charge is -2.39. The zero-order valence-electron chi connectivity index (χ0n) is 26.2. The van der Waals surface area contributed by atoms with Crippen LogP contribution in [0, 0.1) is 6.92 Å². The van der Waals surface area contributed by atoms with Gasteiger partial charge in [0.25, 0.3) is 5.56 Å². The smallest absolute Gasteiger partial charge is 0.335 e. The first-order valence-electron chi connectivity index (χ1n) is 14.4. The fourth-order valence-corrected chi connectivity index (χ4v) is 5.01. The van der Waals surface area contributed by atoms with Crippen molar-refractivity contribution in [1.29, 1.82) is 0 Å². The summed E-state index contributed by atoms with van der Waals surface area (Å²) in [6, 6.07) is 19.0. The number of aromatic nitrogens is 2. The van der Waals surface area contributed by atoms with Crippen molar-refractivity contribution >= 4 is 0 Å². The highest BCUT2D eigenvalue weighted by molar-refractivity contribution is 5.15. The Morgan fingerprint density at radius 1 is 0.844 bits per heavy atom. The van der Waals surface area contributed by atoms with Crippen molar-refractivity contribution in [3.05, 3.63) is 118 Å². The zero-order valence-corrected chi connectivity index (χ0v) is 26.2. The topological polar surface area (TPSA) is 129 Å². The summed E-state index contributed by atoms with van der Waals surface area (Å²) in [4.78, 5) is 26.6. The standard InChI is InChI=1S/C31H40N2O10.C2H4/c1-24-15-32(29(35)33(28(24)34)21-40-17-26-12-8-5-9-13-26)27-14-30(36,18-41-22-37-2)31(43-27,20-42-23-38-3)19-39-16-25-10-6-4-7-11-25;1-2/h4-13,15,27,36H,14,16-23H2,1-3H3;1-2H2/t27-,30?,31+;/m1./s1. The largest absolute Gasteiger partial charge is 0.384 e. The van der Waals surface area contributed by atoms with Gasteiger partial charge in [-0.05, 0) is 18.1 Å². The van der Waals surface area contributed by atoms with Crippen molar-refractivity contribution in [1.82, 2.24) is 9.13 Å². The molecule has 0 radical (unpaired) electrons. The molecule has 12 heteroatoms. The van der Waals surface area contributed by atoms with Gasteiger partial charge in [-0.2, -0.15) is 0 Å². The average molecular weight is 629 g/mol. The van der Waals surface area contributed by atoms with Crippen molar-refractivity contribution in [3.63, 3.8) is 0 Å². The minimum Gasteiger partial charge on any atom is -0.384 e. The number of methoxy groups -OCH3 is 2. The van der Waals surface area contributed by atoms with Crippen LogP contribution in [-0.4, -0.2) is 73.1 Å². The highest BCUT2D eigenvalue weighted by atomic mass is 16.7. The van der Waals surface area contributed by atoms with Gasteiger partial charge in [0.2, 0.25) is 0 Å². The molecule has 0 amide bonds. The lowest BCUT2D eigenvalue weighted by molar-refractivity contribution is -0.230. The Bertz CT molecular complexity index is 1410. The molecule has 1 aliphatic rings. The Balaban J connectivity index is 0.00000271. The van der Waals surface area contributed by atoms with E-state index in [1.54, 1.807) is 6.92 Å². The lowest BCUT2D eigenvalue weighted by Crippen LogP contribution is -2.59. The van der Waals surface area contributed by atoms with Crippen LogP contribution < -0.4 is 11.2 Å². The second kappa shape index (κ2) is 17.9. The SMILES string of the molecule is C=C.COCOCC1(O)C[C@H](n2cc(C)c(=O)n(COCc3ccccc3)c2=O)O[C@]1(COCOC)COCc1ccccc1. The molecule has 1 saturated heterocycles. The quantitative estimate of drug-likeness (QED) is 0.135. The summed E-state index contributed by atoms with van der Waals surface area (Å²) in [7, 11) is 2.96. The van der Waals surface area contributed by atoms with Crippen molar-refractivity contribution in [2.24, 2.45) is 0 Å². The molecule has 4 rings (SSSR count). The molecule has 1 aliphatic heterocycles. The summed E-state index contributed by atoms with van der Waals surface area (Å²) >= 11 is 0. The second-order valence-corrected chi connectivity index (χ2v) is 10.5. The number of nitrogens with zero attached hydrogens (tertiary/aromatic N) is 2. The second-order valence-electron chi connectivity index (χ2n) is 10.5. The van der Waals surface area contributed by atoms with E-state index in [1.165, 1.54) is 25.0 Å². The van der Waals surface area contributed by atoms with Crippen molar-refractivity contribution in [3.8, 4) is 0 Å². The average Bonchev–Trinajstić information content (AvgIpc) is 3.34. The highest BCUT2D eigenvalue weighted by Gasteiger charge is 2.60. The summed E-state index contributed by atoms with van der Waals surface area (Å²) in [5.74, 6) is 0. The van der Waals surface area contributed by atoms with E-state index in [0.29, 0.717) is 5.56 Å². The third-order valence-electron chi connectivity index (χ3n) is 7.26. The molecule has 0 aliphatic carbocycles. The summed E-state index contributed by atoms with van der Waals surface area (Å²) in [5, 5.41) is 12.1. The van der Waals surface area contributed by atoms with Gasteiger partial charge in [-0.25, -0.2) is 9.36 Å². The molecule has 0 bridgehead atoms. The maximum atomic E-state index is 13.7. The molecule has 0 saturated carbocycles. The molecule has 246 valence electrons. The molecule has 1 aromatic heterocycles. The van der Waals surface area contributed by atoms with Crippen LogP contribution in [0.3, 0.4) is 0 Å². The van der Waals surface area contributed by atoms with Gasteiger partial charge in [-0.3, -0.25) is 9.36 Å². The maximum Gasteiger partial charge on any atom is 0.335 e. The molecule has 1 N–H and O–H groups in total. The van der Waals surface area contributed by atoms with Gasteiger partial charge in [0.1, 0.15) is 37.7 Å². The Morgan fingerprint density at radius 2 is 1.38 bits per heavy atom. The van der Waals surface area contributed by atoms with E-state index in [0.717, 1.165) is 15.7 Å². The van der Waals surface area contributed by atoms with E-state index in [1.807, 2.05) is 60.7 Å². The molecule has 2 aromatic carbocycles. The maximum absolute atomic E-state index is 13.7. The van der Waals surface area contributed by atoms with E-state index in [2.05, 4.69) is 13.2 Å². The van der Waals surface area contributed by atoms with E-state index >= 15 is 0 Å². The minimum atomic E-state index is -1.68. The highest BCUT2D eigenvalue weighted by Crippen LogP contribution is 2.45. The third-order valence-corrected chi connectivity index (χ3v) is 7.26. The summed E-state index contributed by atoms with van der Waals surface area (Å²) < 4.78 is 42.0.